The third-order valence-corrected chi connectivity index (χ3v) is 7.47. The minimum atomic E-state index is -1.09. The predicted molar refractivity (Wildman–Crippen MR) is 145 cm³/mol. The number of hydrogen-bond donors (Lipinski definition) is 5. The van der Waals surface area contributed by atoms with Crippen LogP contribution in [-0.4, -0.2) is 65.5 Å². The van der Waals surface area contributed by atoms with Crippen LogP contribution in [0.15, 0.2) is 42.7 Å². The van der Waals surface area contributed by atoms with E-state index >= 15 is 0 Å². The molecule has 0 aliphatic carbocycles. The van der Waals surface area contributed by atoms with Gasteiger partial charge in [0.25, 0.3) is 5.91 Å². The van der Waals surface area contributed by atoms with Crippen LogP contribution >= 0.6 is 0 Å². The molecule has 11 heteroatoms. The van der Waals surface area contributed by atoms with Crippen molar-refractivity contribution >= 4 is 40.0 Å². The number of nitrogen functional groups attached to an aromatic ring is 1. The van der Waals surface area contributed by atoms with Gasteiger partial charge in [0.05, 0.1) is 34.8 Å². The van der Waals surface area contributed by atoms with Crippen LogP contribution in [0.2, 0.25) is 0 Å². The SMILES string of the molecule is C[C@@H]1CN(c2ccncc2NC(=O)c2nc3cc(C4CCOCC4)ccc3cc2N)C[C@H](N)[C@H]1NC(=O)O. The van der Waals surface area contributed by atoms with E-state index in [1.165, 1.54) is 5.56 Å². The van der Waals surface area contributed by atoms with E-state index < -0.39 is 18.0 Å². The molecule has 11 nitrogen and oxygen atoms in total. The summed E-state index contributed by atoms with van der Waals surface area (Å²) in [5.74, 6) is -0.0736. The van der Waals surface area contributed by atoms with Gasteiger partial charge in [0, 0.05) is 43.9 Å². The second-order valence-electron chi connectivity index (χ2n) is 10.1. The van der Waals surface area contributed by atoms with E-state index in [1.807, 2.05) is 24.0 Å². The monoisotopic (exact) mass is 519 g/mol. The molecular formula is C27H33N7O4. The summed E-state index contributed by atoms with van der Waals surface area (Å²) in [5.41, 5.74) is 16.2. The Kier molecular flexibility index (Phi) is 7.30. The van der Waals surface area contributed by atoms with Crippen LogP contribution in [0.5, 0.6) is 0 Å². The topological polar surface area (TPSA) is 169 Å². The van der Waals surface area contributed by atoms with Crippen molar-refractivity contribution in [3.05, 3.63) is 54.0 Å². The molecule has 38 heavy (non-hydrogen) atoms. The number of benzene rings is 1. The molecule has 5 rings (SSSR count). The largest absolute Gasteiger partial charge is 0.465 e. The second kappa shape index (κ2) is 10.8. The Hall–Kier alpha value is -3.96. The lowest BCUT2D eigenvalue weighted by molar-refractivity contribution is 0.0853. The number of piperidine rings is 1. The Morgan fingerprint density at radius 1 is 1.16 bits per heavy atom. The van der Waals surface area contributed by atoms with Crippen molar-refractivity contribution in [1.29, 1.82) is 0 Å². The summed E-state index contributed by atoms with van der Waals surface area (Å²) >= 11 is 0. The molecule has 2 aliphatic heterocycles. The Morgan fingerprint density at radius 3 is 2.68 bits per heavy atom. The Morgan fingerprint density at radius 2 is 1.95 bits per heavy atom. The Bertz CT molecular complexity index is 1330. The van der Waals surface area contributed by atoms with Gasteiger partial charge in [-0.05, 0) is 48.4 Å². The average Bonchev–Trinajstić information content (AvgIpc) is 2.90. The van der Waals surface area contributed by atoms with Crippen LogP contribution in [0, 0.1) is 5.92 Å². The fourth-order valence-electron chi connectivity index (χ4n) is 5.52. The predicted octanol–water partition coefficient (Wildman–Crippen LogP) is 2.78. The lowest BCUT2D eigenvalue weighted by Crippen LogP contribution is -2.61. The number of fused-ring (bicyclic) bond motifs is 1. The first-order chi connectivity index (χ1) is 18.3. The van der Waals surface area contributed by atoms with Crippen molar-refractivity contribution in [2.75, 3.05) is 42.3 Å². The maximum absolute atomic E-state index is 13.4. The van der Waals surface area contributed by atoms with Gasteiger partial charge in [-0.2, -0.15) is 0 Å². The Balaban J connectivity index is 1.38. The fourth-order valence-corrected chi connectivity index (χ4v) is 5.52. The van der Waals surface area contributed by atoms with E-state index in [-0.39, 0.29) is 23.3 Å². The van der Waals surface area contributed by atoms with E-state index in [9.17, 15) is 9.59 Å². The van der Waals surface area contributed by atoms with E-state index in [2.05, 4.69) is 26.7 Å². The number of amides is 2. The van der Waals surface area contributed by atoms with Gasteiger partial charge < -0.3 is 36.8 Å². The highest BCUT2D eigenvalue weighted by Crippen LogP contribution is 2.32. The average molecular weight is 520 g/mol. The van der Waals surface area contributed by atoms with Gasteiger partial charge in [-0.25, -0.2) is 9.78 Å². The molecule has 2 fully saturated rings. The van der Waals surface area contributed by atoms with Crippen molar-refractivity contribution in [1.82, 2.24) is 15.3 Å². The molecule has 0 radical (unpaired) electrons. The summed E-state index contributed by atoms with van der Waals surface area (Å²) in [5, 5.41) is 15.5. The summed E-state index contributed by atoms with van der Waals surface area (Å²) < 4.78 is 5.49. The second-order valence-corrected chi connectivity index (χ2v) is 10.1. The number of nitrogens with two attached hydrogens (primary N) is 2. The smallest absolute Gasteiger partial charge is 0.404 e. The lowest BCUT2D eigenvalue weighted by atomic mass is 9.90. The number of ether oxygens (including phenoxy) is 1. The van der Waals surface area contributed by atoms with Gasteiger partial charge in [-0.15, -0.1) is 0 Å². The van der Waals surface area contributed by atoms with Gasteiger partial charge in [-0.1, -0.05) is 19.1 Å². The molecule has 0 saturated carbocycles. The molecule has 7 N–H and O–H groups in total. The molecule has 200 valence electrons. The van der Waals surface area contributed by atoms with Crippen molar-refractivity contribution in [3.8, 4) is 0 Å². The first-order valence-electron chi connectivity index (χ1n) is 12.8. The van der Waals surface area contributed by atoms with E-state index in [0.717, 1.165) is 37.1 Å². The molecule has 2 aromatic heterocycles. The number of pyridine rings is 2. The number of hydrogen-bond acceptors (Lipinski definition) is 8. The van der Waals surface area contributed by atoms with E-state index in [4.69, 9.17) is 21.3 Å². The molecule has 2 saturated heterocycles. The first kappa shape index (κ1) is 25.7. The minimum absolute atomic E-state index is 0.0470. The van der Waals surface area contributed by atoms with Gasteiger partial charge in [0.15, 0.2) is 5.69 Å². The highest BCUT2D eigenvalue weighted by Gasteiger charge is 2.34. The quantitative estimate of drug-likeness (QED) is 0.340. The summed E-state index contributed by atoms with van der Waals surface area (Å²) in [4.78, 5) is 35.4. The molecule has 0 spiro atoms. The lowest BCUT2D eigenvalue weighted by Gasteiger charge is -2.42. The molecule has 0 unspecified atom stereocenters. The number of anilines is 3. The van der Waals surface area contributed by atoms with Gasteiger partial charge in [0.2, 0.25) is 0 Å². The van der Waals surface area contributed by atoms with Crippen molar-refractivity contribution < 1.29 is 19.4 Å². The maximum atomic E-state index is 13.4. The molecule has 2 aliphatic rings. The summed E-state index contributed by atoms with van der Waals surface area (Å²) in [6.45, 7) is 4.40. The normalized spacial score (nSPS) is 22.3. The van der Waals surface area contributed by atoms with Crippen LogP contribution < -0.4 is 27.0 Å². The number of carboxylic acid groups (broad SMARTS) is 1. The number of nitrogens with zero attached hydrogens (tertiary/aromatic N) is 3. The zero-order valence-corrected chi connectivity index (χ0v) is 21.3. The summed E-state index contributed by atoms with van der Waals surface area (Å²) in [7, 11) is 0. The van der Waals surface area contributed by atoms with Crippen molar-refractivity contribution in [2.24, 2.45) is 11.7 Å². The van der Waals surface area contributed by atoms with Crippen LogP contribution in [-0.2, 0) is 4.74 Å². The number of carbonyl (C=O) groups excluding carboxylic acids is 1. The van der Waals surface area contributed by atoms with Crippen molar-refractivity contribution in [2.45, 2.75) is 37.8 Å². The molecule has 2 amide bonds. The van der Waals surface area contributed by atoms with Gasteiger partial charge >= 0.3 is 6.09 Å². The van der Waals surface area contributed by atoms with Crippen LogP contribution in [0.3, 0.4) is 0 Å². The third-order valence-electron chi connectivity index (χ3n) is 7.47. The van der Waals surface area contributed by atoms with Crippen molar-refractivity contribution in [3.63, 3.8) is 0 Å². The maximum Gasteiger partial charge on any atom is 0.404 e. The molecule has 1 aromatic carbocycles. The zero-order valence-electron chi connectivity index (χ0n) is 21.3. The summed E-state index contributed by atoms with van der Waals surface area (Å²) in [6.07, 6.45) is 4.05. The molecule has 4 heterocycles. The molecular weight excluding hydrogens is 486 g/mol. The van der Waals surface area contributed by atoms with Gasteiger partial charge in [-0.3, -0.25) is 9.78 Å². The fraction of sp³-hybridized carbons (Fsp3) is 0.407. The van der Waals surface area contributed by atoms with E-state index in [1.54, 1.807) is 24.5 Å². The highest BCUT2D eigenvalue weighted by atomic mass is 16.5. The minimum Gasteiger partial charge on any atom is -0.465 e. The Labute approximate surface area is 220 Å². The number of aromatic nitrogens is 2. The highest BCUT2D eigenvalue weighted by molar-refractivity contribution is 6.09. The van der Waals surface area contributed by atoms with Gasteiger partial charge in [0.1, 0.15) is 0 Å². The van der Waals surface area contributed by atoms with Crippen LogP contribution in [0.1, 0.15) is 41.7 Å². The van der Waals surface area contributed by atoms with Crippen LogP contribution in [0.25, 0.3) is 10.9 Å². The number of nitrogens with one attached hydrogen (secondary N) is 2. The molecule has 3 atom stereocenters. The van der Waals surface area contributed by atoms with Crippen LogP contribution in [0.4, 0.5) is 21.9 Å². The molecule has 3 aromatic rings. The third kappa shape index (κ3) is 5.34. The van der Waals surface area contributed by atoms with E-state index in [0.29, 0.717) is 30.2 Å². The standard InChI is InChI=1S/C27H33N7O4/c1-15-13-34(14-20(29)24(15)33-27(36)37)23-4-7-30-12-22(23)32-26(35)25-19(28)10-18-3-2-17(11-21(18)31-25)16-5-8-38-9-6-16/h2-4,7,10-12,15-16,20,24,33H,5-6,8-9,13-14,28-29H2,1H3,(H,32,35)(H,36,37)/t15-,20+,24+/m1/s1. The molecule has 0 bridgehead atoms. The summed E-state index contributed by atoms with van der Waals surface area (Å²) in [6, 6.07) is 8.92. The number of rotatable bonds is 5. The first-order valence-corrected chi connectivity index (χ1v) is 12.8. The zero-order chi connectivity index (χ0) is 26.8. The number of carbonyl (C=O) groups is 2.